The summed E-state index contributed by atoms with van der Waals surface area (Å²) in [5.41, 5.74) is 2.65. The van der Waals surface area contributed by atoms with Gasteiger partial charge >= 0.3 is 0 Å². The zero-order valence-corrected chi connectivity index (χ0v) is 16.6. The highest BCUT2D eigenvalue weighted by Crippen LogP contribution is 2.14. The van der Waals surface area contributed by atoms with Crippen molar-refractivity contribution in [2.45, 2.75) is 33.0 Å². The monoisotopic (exact) mass is 388 g/mol. The number of carbonyl (C=O) groups excluding carboxylic acids is 2. The van der Waals surface area contributed by atoms with Gasteiger partial charge < -0.3 is 10.2 Å². The van der Waals surface area contributed by atoms with Crippen molar-refractivity contribution in [2.24, 2.45) is 0 Å². The Morgan fingerprint density at radius 2 is 1.69 bits per heavy atom. The first-order valence-electron chi connectivity index (χ1n) is 9.52. The second-order valence-electron chi connectivity index (χ2n) is 6.98. The molecule has 29 heavy (non-hydrogen) atoms. The van der Waals surface area contributed by atoms with Crippen molar-refractivity contribution >= 4 is 11.8 Å². The molecule has 0 radical (unpaired) electrons. The van der Waals surface area contributed by atoms with Crippen LogP contribution < -0.4 is 5.32 Å². The zero-order valence-electron chi connectivity index (χ0n) is 16.6. The van der Waals surface area contributed by atoms with Gasteiger partial charge in [0.1, 0.15) is 5.69 Å². The molecular formula is C23H24N4O2. The third-order valence-corrected chi connectivity index (χ3v) is 4.52. The smallest absolute Gasteiger partial charge is 0.270 e. The van der Waals surface area contributed by atoms with Crippen LogP contribution in [0.1, 0.15) is 45.8 Å². The number of amides is 2. The third kappa shape index (κ3) is 5.48. The molecule has 148 valence electrons. The number of nitrogens with one attached hydrogen (secondary N) is 1. The molecular weight excluding hydrogens is 364 g/mol. The summed E-state index contributed by atoms with van der Waals surface area (Å²) >= 11 is 0. The highest BCUT2D eigenvalue weighted by atomic mass is 16.2. The van der Waals surface area contributed by atoms with Crippen molar-refractivity contribution in [3.8, 4) is 0 Å². The molecule has 1 aromatic carbocycles. The Morgan fingerprint density at radius 3 is 2.38 bits per heavy atom. The van der Waals surface area contributed by atoms with Crippen LogP contribution in [0.25, 0.3) is 0 Å². The molecule has 1 N–H and O–H groups in total. The fourth-order valence-corrected chi connectivity index (χ4v) is 2.90. The molecule has 0 fully saturated rings. The third-order valence-electron chi connectivity index (χ3n) is 4.52. The van der Waals surface area contributed by atoms with E-state index in [1.807, 2.05) is 56.3 Å². The molecule has 0 bridgehead atoms. The second kappa shape index (κ2) is 9.59. The lowest BCUT2D eigenvalue weighted by Crippen LogP contribution is -2.36. The van der Waals surface area contributed by atoms with Gasteiger partial charge in [-0.25, -0.2) is 0 Å². The Labute approximate surface area is 170 Å². The standard InChI is InChI=1S/C23H24N4O2/c1-17(2)27(16-19-6-4-3-5-7-19)23(29)20-10-13-25-21(14-20)22(28)26-15-18-8-11-24-12-9-18/h3-14,17H,15-16H2,1-2H3,(H,26,28). The topological polar surface area (TPSA) is 75.2 Å². The van der Waals surface area contributed by atoms with E-state index < -0.39 is 0 Å². The van der Waals surface area contributed by atoms with E-state index in [1.54, 1.807) is 29.4 Å². The quantitative estimate of drug-likeness (QED) is 0.673. The Balaban J connectivity index is 1.72. The van der Waals surface area contributed by atoms with E-state index in [-0.39, 0.29) is 23.6 Å². The summed E-state index contributed by atoms with van der Waals surface area (Å²) in [6.07, 6.45) is 4.84. The minimum atomic E-state index is -0.324. The molecule has 2 heterocycles. The summed E-state index contributed by atoms with van der Waals surface area (Å²) in [7, 11) is 0. The van der Waals surface area contributed by atoms with Crippen LogP contribution in [0.3, 0.4) is 0 Å². The average molecular weight is 388 g/mol. The fraction of sp³-hybridized carbons (Fsp3) is 0.217. The summed E-state index contributed by atoms with van der Waals surface area (Å²) < 4.78 is 0. The Hall–Kier alpha value is -3.54. The van der Waals surface area contributed by atoms with Crippen molar-refractivity contribution in [1.29, 1.82) is 0 Å². The molecule has 0 aliphatic rings. The van der Waals surface area contributed by atoms with Crippen molar-refractivity contribution < 1.29 is 9.59 Å². The van der Waals surface area contributed by atoms with E-state index in [4.69, 9.17) is 0 Å². The van der Waals surface area contributed by atoms with Gasteiger partial charge in [-0.2, -0.15) is 0 Å². The van der Waals surface area contributed by atoms with Crippen LogP contribution >= 0.6 is 0 Å². The molecule has 3 rings (SSSR count). The number of nitrogens with zero attached hydrogens (tertiary/aromatic N) is 3. The van der Waals surface area contributed by atoms with Crippen LogP contribution in [0.5, 0.6) is 0 Å². The number of hydrogen-bond donors (Lipinski definition) is 1. The molecule has 6 heteroatoms. The number of rotatable bonds is 7. The fourth-order valence-electron chi connectivity index (χ4n) is 2.90. The lowest BCUT2D eigenvalue weighted by molar-refractivity contribution is 0.0690. The summed E-state index contributed by atoms with van der Waals surface area (Å²) in [6, 6.07) is 16.7. The Morgan fingerprint density at radius 1 is 0.966 bits per heavy atom. The minimum absolute atomic E-state index is 0.0137. The summed E-state index contributed by atoms with van der Waals surface area (Å²) in [5, 5.41) is 2.82. The van der Waals surface area contributed by atoms with Gasteiger partial charge in [0.25, 0.3) is 11.8 Å². The predicted molar refractivity (Wildman–Crippen MR) is 111 cm³/mol. The first kappa shape index (κ1) is 20.2. The molecule has 0 atom stereocenters. The van der Waals surface area contributed by atoms with E-state index in [0.29, 0.717) is 18.7 Å². The van der Waals surface area contributed by atoms with Crippen LogP contribution in [0, 0.1) is 0 Å². The first-order chi connectivity index (χ1) is 14.0. The molecule has 2 amide bonds. The molecule has 2 aromatic heterocycles. The molecule has 0 unspecified atom stereocenters. The predicted octanol–water partition coefficient (Wildman–Crippen LogP) is 3.46. The molecule has 0 spiro atoms. The van der Waals surface area contributed by atoms with Gasteiger partial charge in [0.2, 0.25) is 0 Å². The zero-order chi connectivity index (χ0) is 20.6. The Bertz CT molecular complexity index is 959. The molecule has 0 saturated heterocycles. The van der Waals surface area contributed by atoms with Gasteiger partial charge in [0.15, 0.2) is 0 Å². The minimum Gasteiger partial charge on any atom is -0.347 e. The van der Waals surface area contributed by atoms with E-state index in [1.165, 1.54) is 6.20 Å². The molecule has 6 nitrogen and oxygen atoms in total. The van der Waals surface area contributed by atoms with Crippen LogP contribution in [0.2, 0.25) is 0 Å². The number of benzene rings is 1. The molecule has 0 saturated carbocycles. The number of pyridine rings is 2. The largest absolute Gasteiger partial charge is 0.347 e. The van der Waals surface area contributed by atoms with Gasteiger partial charge in [-0.1, -0.05) is 30.3 Å². The van der Waals surface area contributed by atoms with E-state index >= 15 is 0 Å². The van der Waals surface area contributed by atoms with E-state index in [9.17, 15) is 9.59 Å². The maximum atomic E-state index is 13.1. The molecule has 0 aliphatic heterocycles. The van der Waals surface area contributed by atoms with E-state index in [0.717, 1.165) is 11.1 Å². The van der Waals surface area contributed by atoms with Crippen LogP contribution in [-0.2, 0) is 13.1 Å². The van der Waals surface area contributed by atoms with Gasteiger partial charge in [-0.3, -0.25) is 19.6 Å². The van der Waals surface area contributed by atoms with E-state index in [2.05, 4.69) is 15.3 Å². The number of aromatic nitrogens is 2. The summed E-state index contributed by atoms with van der Waals surface area (Å²) in [6.45, 7) is 4.82. The van der Waals surface area contributed by atoms with Gasteiger partial charge in [-0.05, 0) is 49.2 Å². The molecule has 3 aromatic rings. The summed E-state index contributed by atoms with van der Waals surface area (Å²) in [4.78, 5) is 35.4. The highest BCUT2D eigenvalue weighted by molar-refractivity contribution is 5.98. The lowest BCUT2D eigenvalue weighted by Gasteiger charge is -2.27. The van der Waals surface area contributed by atoms with Gasteiger partial charge in [0.05, 0.1) is 0 Å². The Kier molecular flexibility index (Phi) is 6.68. The van der Waals surface area contributed by atoms with Crippen molar-refractivity contribution in [3.63, 3.8) is 0 Å². The maximum Gasteiger partial charge on any atom is 0.270 e. The average Bonchev–Trinajstić information content (AvgIpc) is 2.76. The normalized spacial score (nSPS) is 10.6. The first-order valence-corrected chi connectivity index (χ1v) is 9.52. The lowest BCUT2D eigenvalue weighted by atomic mass is 10.1. The van der Waals surface area contributed by atoms with Crippen LogP contribution in [0.4, 0.5) is 0 Å². The maximum absolute atomic E-state index is 13.1. The van der Waals surface area contributed by atoms with Crippen LogP contribution in [0.15, 0.2) is 73.2 Å². The van der Waals surface area contributed by atoms with Crippen molar-refractivity contribution in [3.05, 3.63) is 95.6 Å². The van der Waals surface area contributed by atoms with Crippen LogP contribution in [-0.4, -0.2) is 32.7 Å². The highest BCUT2D eigenvalue weighted by Gasteiger charge is 2.20. The molecule has 0 aliphatic carbocycles. The van der Waals surface area contributed by atoms with Gasteiger partial charge in [0, 0.05) is 43.3 Å². The second-order valence-corrected chi connectivity index (χ2v) is 6.98. The van der Waals surface area contributed by atoms with Crippen molar-refractivity contribution in [2.75, 3.05) is 0 Å². The number of hydrogen-bond acceptors (Lipinski definition) is 4. The van der Waals surface area contributed by atoms with Gasteiger partial charge in [-0.15, -0.1) is 0 Å². The van der Waals surface area contributed by atoms with Crippen molar-refractivity contribution in [1.82, 2.24) is 20.2 Å². The number of carbonyl (C=O) groups is 2. The summed E-state index contributed by atoms with van der Waals surface area (Å²) in [5.74, 6) is -0.454. The SMILES string of the molecule is CC(C)N(Cc1ccccc1)C(=O)c1ccnc(C(=O)NCc2ccncc2)c1.